The average molecular weight is 288 g/mol. The van der Waals surface area contributed by atoms with Crippen LogP contribution in [0.5, 0.6) is 0 Å². The van der Waals surface area contributed by atoms with Gasteiger partial charge in [-0.3, -0.25) is 4.90 Å². The number of aliphatic hydroxyl groups excluding tert-OH is 1. The summed E-state index contributed by atoms with van der Waals surface area (Å²) < 4.78 is 5.42. The molecule has 21 heavy (non-hydrogen) atoms. The van der Waals surface area contributed by atoms with E-state index in [1.165, 1.54) is 17.7 Å². The number of methoxy groups -OCH3 is 1. The molecule has 4 heteroatoms. The summed E-state index contributed by atoms with van der Waals surface area (Å²) in [5.41, 5.74) is 4.40. The molecule has 4 atom stereocenters. The second-order valence-electron chi connectivity index (χ2n) is 6.77. The number of rotatable bonds is 3. The third kappa shape index (κ3) is 2.08. The van der Waals surface area contributed by atoms with Gasteiger partial charge in [0.2, 0.25) is 0 Å². The van der Waals surface area contributed by atoms with Crippen LogP contribution in [0.1, 0.15) is 35.8 Å². The summed E-state index contributed by atoms with van der Waals surface area (Å²) in [6.45, 7) is 2.98. The molecule has 0 aromatic heterocycles. The molecule has 3 aliphatic rings. The molecule has 114 valence electrons. The topological polar surface area (TPSA) is 44.7 Å². The minimum absolute atomic E-state index is 0.278. The summed E-state index contributed by atoms with van der Waals surface area (Å²) in [5.74, 6) is 1.54. The Hall–Kier alpha value is -1.10. The molecule has 0 spiro atoms. The van der Waals surface area contributed by atoms with Gasteiger partial charge in [0, 0.05) is 50.4 Å². The van der Waals surface area contributed by atoms with Gasteiger partial charge in [-0.05, 0) is 36.0 Å². The summed E-state index contributed by atoms with van der Waals surface area (Å²) in [6, 6.07) is 7.24. The maximum Gasteiger partial charge on any atom is 0.0989 e. The van der Waals surface area contributed by atoms with E-state index in [0.717, 1.165) is 19.5 Å². The molecule has 0 amide bonds. The highest BCUT2D eigenvalue weighted by Crippen LogP contribution is 2.50. The minimum atomic E-state index is 0.278. The van der Waals surface area contributed by atoms with Crippen molar-refractivity contribution < 1.29 is 9.84 Å². The van der Waals surface area contributed by atoms with Crippen molar-refractivity contribution in [3.05, 3.63) is 29.3 Å². The molecule has 1 fully saturated rings. The Morgan fingerprint density at radius 1 is 1.38 bits per heavy atom. The van der Waals surface area contributed by atoms with Gasteiger partial charge in [-0.1, -0.05) is 12.1 Å². The van der Waals surface area contributed by atoms with Crippen molar-refractivity contribution in [1.29, 1.82) is 0 Å². The quantitative estimate of drug-likeness (QED) is 0.892. The number of fused-ring (bicyclic) bond motifs is 2. The number of benzene rings is 1. The van der Waals surface area contributed by atoms with Crippen LogP contribution in [-0.4, -0.2) is 49.6 Å². The third-order valence-corrected chi connectivity index (χ3v) is 5.58. The van der Waals surface area contributed by atoms with Crippen LogP contribution in [-0.2, 0) is 4.74 Å². The van der Waals surface area contributed by atoms with E-state index in [1.807, 2.05) is 0 Å². The maximum atomic E-state index is 9.65. The Bertz CT molecular complexity index is 534. The zero-order valence-electron chi connectivity index (χ0n) is 12.6. The molecule has 0 bridgehead atoms. The first-order valence-electron chi connectivity index (χ1n) is 8.02. The summed E-state index contributed by atoms with van der Waals surface area (Å²) in [5, 5.41) is 13.2. The summed E-state index contributed by atoms with van der Waals surface area (Å²) in [4.78, 5) is 2.45. The Labute approximate surface area is 126 Å². The molecule has 1 aromatic carbocycles. The fraction of sp³-hybridized carbons (Fsp3) is 0.647. The van der Waals surface area contributed by atoms with Crippen molar-refractivity contribution in [2.75, 3.05) is 38.9 Å². The van der Waals surface area contributed by atoms with Gasteiger partial charge in [-0.25, -0.2) is 0 Å². The van der Waals surface area contributed by atoms with Crippen LogP contribution in [0.4, 0.5) is 5.69 Å². The summed E-state index contributed by atoms with van der Waals surface area (Å²) >= 11 is 0. The fourth-order valence-corrected chi connectivity index (χ4v) is 4.75. The normalized spacial score (nSPS) is 34.2. The zero-order valence-corrected chi connectivity index (χ0v) is 12.6. The number of piperidine rings is 1. The molecule has 2 unspecified atom stereocenters. The van der Waals surface area contributed by atoms with Crippen LogP contribution in [0.15, 0.2) is 18.2 Å². The average Bonchev–Trinajstić information content (AvgIpc) is 2.93. The van der Waals surface area contributed by atoms with Gasteiger partial charge < -0.3 is 15.2 Å². The van der Waals surface area contributed by atoms with Crippen molar-refractivity contribution in [2.24, 2.45) is 5.92 Å². The number of aliphatic hydroxyl groups is 1. The molecule has 1 aliphatic carbocycles. The second kappa shape index (κ2) is 5.27. The molecule has 0 saturated carbocycles. The van der Waals surface area contributed by atoms with E-state index in [1.54, 1.807) is 12.7 Å². The van der Waals surface area contributed by atoms with Crippen LogP contribution < -0.4 is 5.32 Å². The molecular weight excluding hydrogens is 264 g/mol. The van der Waals surface area contributed by atoms with Gasteiger partial charge in [0.1, 0.15) is 0 Å². The van der Waals surface area contributed by atoms with E-state index in [4.69, 9.17) is 4.74 Å². The lowest BCUT2D eigenvalue weighted by Gasteiger charge is -2.48. The van der Waals surface area contributed by atoms with E-state index in [2.05, 4.69) is 28.4 Å². The lowest BCUT2D eigenvalue weighted by atomic mass is 9.69. The number of nitrogens with zero attached hydrogens (tertiary/aromatic N) is 1. The van der Waals surface area contributed by atoms with Gasteiger partial charge in [0.15, 0.2) is 0 Å². The maximum absolute atomic E-state index is 9.65. The van der Waals surface area contributed by atoms with Crippen molar-refractivity contribution in [2.45, 2.75) is 30.7 Å². The number of hydrogen-bond donors (Lipinski definition) is 2. The molecule has 4 nitrogen and oxygen atoms in total. The van der Waals surface area contributed by atoms with Gasteiger partial charge in [0.05, 0.1) is 6.73 Å². The molecule has 1 aromatic rings. The SMILES string of the molecule is COCN1C[C@H](CO)CC2c3cccc4c3C(CN4)C[C@H]21. The molecule has 2 heterocycles. The molecule has 0 radical (unpaired) electrons. The predicted molar refractivity (Wildman–Crippen MR) is 82.6 cm³/mol. The first-order valence-corrected chi connectivity index (χ1v) is 8.02. The van der Waals surface area contributed by atoms with Gasteiger partial charge in [-0.15, -0.1) is 0 Å². The van der Waals surface area contributed by atoms with E-state index in [0.29, 0.717) is 30.5 Å². The van der Waals surface area contributed by atoms with Crippen LogP contribution in [0, 0.1) is 5.92 Å². The number of ether oxygens (including phenoxy) is 1. The van der Waals surface area contributed by atoms with E-state index in [-0.39, 0.29) is 6.61 Å². The number of likely N-dealkylation sites (tertiary alicyclic amines) is 1. The Morgan fingerprint density at radius 3 is 3.10 bits per heavy atom. The number of hydrogen-bond acceptors (Lipinski definition) is 4. The van der Waals surface area contributed by atoms with Crippen molar-refractivity contribution in [3.8, 4) is 0 Å². The standard InChI is InChI=1S/C17H24N2O2/c1-21-10-19-8-11(9-20)5-14-13-3-2-4-15-17(13)12(7-18-15)6-16(14)19/h2-4,11-12,14,16,18,20H,5-10H2,1H3/t11-,12?,14?,16-/m1/s1. The lowest BCUT2D eigenvalue weighted by Crippen LogP contribution is -2.51. The largest absolute Gasteiger partial charge is 0.396 e. The fourth-order valence-electron chi connectivity index (χ4n) is 4.75. The summed E-state index contributed by atoms with van der Waals surface area (Å²) in [7, 11) is 1.77. The predicted octanol–water partition coefficient (Wildman–Crippen LogP) is 1.97. The minimum Gasteiger partial charge on any atom is -0.396 e. The van der Waals surface area contributed by atoms with Crippen molar-refractivity contribution in [1.82, 2.24) is 4.90 Å². The van der Waals surface area contributed by atoms with E-state index in [9.17, 15) is 5.11 Å². The third-order valence-electron chi connectivity index (χ3n) is 5.58. The number of anilines is 1. The Morgan fingerprint density at radius 2 is 2.29 bits per heavy atom. The molecule has 4 rings (SSSR count). The highest BCUT2D eigenvalue weighted by molar-refractivity contribution is 5.63. The lowest BCUT2D eigenvalue weighted by molar-refractivity contribution is -0.0282. The van der Waals surface area contributed by atoms with Crippen LogP contribution in [0.25, 0.3) is 0 Å². The van der Waals surface area contributed by atoms with Crippen molar-refractivity contribution >= 4 is 5.69 Å². The first-order chi connectivity index (χ1) is 10.3. The van der Waals surface area contributed by atoms with Crippen LogP contribution >= 0.6 is 0 Å². The first kappa shape index (κ1) is 13.6. The van der Waals surface area contributed by atoms with Crippen LogP contribution in [0.3, 0.4) is 0 Å². The molecule has 2 N–H and O–H groups in total. The summed E-state index contributed by atoms with van der Waals surface area (Å²) in [6.07, 6.45) is 2.31. The molecule has 1 saturated heterocycles. The monoisotopic (exact) mass is 288 g/mol. The van der Waals surface area contributed by atoms with E-state index < -0.39 is 0 Å². The highest BCUT2D eigenvalue weighted by Gasteiger charge is 2.44. The Balaban J connectivity index is 1.73. The van der Waals surface area contributed by atoms with Gasteiger partial charge in [0.25, 0.3) is 0 Å². The van der Waals surface area contributed by atoms with Crippen LogP contribution in [0.2, 0.25) is 0 Å². The molecule has 2 aliphatic heterocycles. The molecular formula is C17H24N2O2. The van der Waals surface area contributed by atoms with Crippen molar-refractivity contribution in [3.63, 3.8) is 0 Å². The van der Waals surface area contributed by atoms with Gasteiger partial charge in [-0.2, -0.15) is 0 Å². The highest BCUT2D eigenvalue weighted by atomic mass is 16.5. The smallest absolute Gasteiger partial charge is 0.0989 e. The number of nitrogens with one attached hydrogen (secondary N) is 1. The zero-order chi connectivity index (χ0) is 14.4. The second-order valence-corrected chi connectivity index (χ2v) is 6.77. The van der Waals surface area contributed by atoms with E-state index >= 15 is 0 Å². The Kier molecular flexibility index (Phi) is 3.40. The van der Waals surface area contributed by atoms with Gasteiger partial charge >= 0.3 is 0 Å².